The molecule has 2 rings (SSSR count). The third-order valence-electron chi connectivity index (χ3n) is 2.78. The van der Waals surface area contributed by atoms with E-state index >= 15 is 0 Å². The summed E-state index contributed by atoms with van der Waals surface area (Å²) in [4.78, 5) is 4.11. The molecule has 0 aliphatic heterocycles. The molecule has 1 aromatic heterocycles. The van der Waals surface area contributed by atoms with Crippen molar-refractivity contribution in [1.82, 2.24) is 9.55 Å². The number of halogens is 1. The monoisotopic (exact) mass is 248 g/mol. The van der Waals surface area contributed by atoms with E-state index in [1.807, 2.05) is 6.92 Å². The largest absolute Gasteiger partial charge is 0.487 e. The lowest BCUT2D eigenvalue weighted by Gasteiger charge is -2.10. The van der Waals surface area contributed by atoms with E-state index in [0.29, 0.717) is 12.4 Å². The van der Waals surface area contributed by atoms with E-state index < -0.39 is 0 Å². The molecule has 96 valence electrons. The first-order chi connectivity index (χ1) is 8.70. The zero-order valence-corrected chi connectivity index (χ0v) is 10.7. The standard InChI is InChI=1S/C14H17FN2O/c1-3-6-17-10-16-8-13(17)9-18-14-5-4-12(15)7-11(14)2/h4-5,7-8,10H,3,6,9H2,1-2H3. The van der Waals surface area contributed by atoms with Gasteiger partial charge in [0.1, 0.15) is 18.2 Å². The van der Waals surface area contributed by atoms with Crippen molar-refractivity contribution in [2.24, 2.45) is 0 Å². The molecule has 0 aliphatic rings. The maximum Gasteiger partial charge on any atom is 0.130 e. The Morgan fingerprint density at radius 1 is 1.39 bits per heavy atom. The summed E-state index contributed by atoms with van der Waals surface area (Å²) in [5, 5.41) is 0. The van der Waals surface area contributed by atoms with Gasteiger partial charge in [-0.15, -0.1) is 0 Å². The first-order valence-corrected chi connectivity index (χ1v) is 6.08. The van der Waals surface area contributed by atoms with Crippen LogP contribution in [-0.4, -0.2) is 9.55 Å². The summed E-state index contributed by atoms with van der Waals surface area (Å²) in [6, 6.07) is 4.54. The van der Waals surface area contributed by atoms with Crippen molar-refractivity contribution in [1.29, 1.82) is 0 Å². The average Bonchev–Trinajstić information content (AvgIpc) is 2.76. The number of hydrogen-bond acceptors (Lipinski definition) is 2. The number of ether oxygens (including phenoxy) is 1. The van der Waals surface area contributed by atoms with Crippen molar-refractivity contribution in [2.45, 2.75) is 33.4 Å². The minimum Gasteiger partial charge on any atom is -0.487 e. The molecule has 0 N–H and O–H groups in total. The molecular formula is C14H17FN2O. The van der Waals surface area contributed by atoms with E-state index in [2.05, 4.69) is 16.5 Å². The number of aryl methyl sites for hydroxylation is 2. The van der Waals surface area contributed by atoms with Crippen LogP contribution >= 0.6 is 0 Å². The molecule has 0 saturated heterocycles. The molecule has 18 heavy (non-hydrogen) atoms. The second-order valence-corrected chi connectivity index (χ2v) is 4.28. The van der Waals surface area contributed by atoms with E-state index in [9.17, 15) is 4.39 Å². The predicted molar refractivity (Wildman–Crippen MR) is 68.0 cm³/mol. The van der Waals surface area contributed by atoms with Gasteiger partial charge >= 0.3 is 0 Å². The Morgan fingerprint density at radius 2 is 2.22 bits per heavy atom. The first-order valence-electron chi connectivity index (χ1n) is 6.08. The summed E-state index contributed by atoms with van der Waals surface area (Å²) in [5.41, 5.74) is 1.83. The molecule has 1 aromatic carbocycles. The molecule has 0 radical (unpaired) electrons. The molecule has 2 aromatic rings. The van der Waals surface area contributed by atoms with Gasteiger partial charge in [-0.2, -0.15) is 0 Å². The van der Waals surface area contributed by atoms with Gasteiger partial charge in [-0.3, -0.25) is 0 Å². The van der Waals surface area contributed by atoms with Crippen LogP contribution < -0.4 is 4.74 Å². The summed E-state index contributed by atoms with van der Waals surface area (Å²) in [6.45, 7) is 5.34. The van der Waals surface area contributed by atoms with Gasteiger partial charge < -0.3 is 9.30 Å². The highest BCUT2D eigenvalue weighted by Crippen LogP contribution is 2.19. The van der Waals surface area contributed by atoms with Crippen molar-refractivity contribution in [3.8, 4) is 5.75 Å². The fraction of sp³-hybridized carbons (Fsp3) is 0.357. The van der Waals surface area contributed by atoms with Crippen LogP contribution in [0.2, 0.25) is 0 Å². The molecule has 1 heterocycles. The molecular weight excluding hydrogens is 231 g/mol. The van der Waals surface area contributed by atoms with Gasteiger partial charge in [0, 0.05) is 6.54 Å². The van der Waals surface area contributed by atoms with Crippen molar-refractivity contribution >= 4 is 0 Å². The molecule has 0 saturated carbocycles. The van der Waals surface area contributed by atoms with E-state index in [-0.39, 0.29) is 5.82 Å². The molecule has 0 atom stereocenters. The summed E-state index contributed by atoms with van der Waals surface area (Å²) in [5.74, 6) is 0.469. The van der Waals surface area contributed by atoms with Crippen LogP contribution in [0.15, 0.2) is 30.7 Å². The topological polar surface area (TPSA) is 27.1 Å². The maximum atomic E-state index is 13.0. The van der Waals surface area contributed by atoms with Gasteiger partial charge in [-0.25, -0.2) is 9.37 Å². The van der Waals surface area contributed by atoms with E-state index in [4.69, 9.17) is 4.74 Å². The molecule has 0 spiro atoms. The normalized spacial score (nSPS) is 10.6. The van der Waals surface area contributed by atoms with Gasteiger partial charge in [0.25, 0.3) is 0 Å². The van der Waals surface area contributed by atoms with Gasteiger partial charge in [0.2, 0.25) is 0 Å². The molecule has 0 unspecified atom stereocenters. The van der Waals surface area contributed by atoms with Gasteiger partial charge in [-0.1, -0.05) is 6.92 Å². The van der Waals surface area contributed by atoms with Crippen molar-refractivity contribution < 1.29 is 9.13 Å². The highest BCUT2D eigenvalue weighted by Gasteiger charge is 2.05. The third kappa shape index (κ3) is 2.88. The molecule has 3 nitrogen and oxygen atoms in total. The molecule has 0 fully saturated rings. The Hall–Kier alpha value is -1.84. The molecule has 4 heteroatoms. The molecule has 0 aliphatic carbocycles. The Bertz CT molecular complexity index is 522. The SMILES string of the molecule is CCCn1cncc1COc1ccc(F)cc1C. The number of benzene rings is 1. The average molecular weight is 248 g/mol. The fourth-order valence-corrected chi connectivity index (χ4v) is 1.84. The Balaban J connectivity index is 2.04. The van der Waals surface area contributed by atoms with Crippen molar-refractivity contribution in [2.75, 3.05) is 0 Å². The summed E-state index contributed by atoms with van der Waals surface area (Å²) >= 11 is 0. The smallest absolute Gasteiger partial charge is 0.130 e. The minimum atomic E-state index is -0.240. The van der Waals surface area contributed by atoms with Gasteiger partial charge in [0.15, 0.2) is 0 Å². The van der Waals surface area contributed by atoms with E-state index in [0.717, 1.165) is 24.2 Å². The highest BCUT2D eigenvalue weighted by molar-refractivity contribution is 5.32. The van der Waals surface area contributed by atoms with Crippen LogP contribution in [-0.2, 0) is 13.2 Å². The first kappa shape index (κ1) is 12.6. The Labute approximate surface area is 106 Å². The second kappa shape index (κ2) is 5.67. The third-order valence-corrected chi connectivity index (χ3v) is 2.78. The highest BCUT2D eigenvalue weighted by atomic mass is 19.1. The van der Waals surface area contributed by atoms with Crippen LogP contribution in [0.1, 0.15) is 24.6 Å². The predicted octanol–water partition coefficient (Wildman–Crippen LogP) is 3.32. The number of rotatable bonds is 5. The van der Waals surface area contributed by atoms with Crippen LogP contribution in [0.25, 0.3) is 0 Å². The van der Waals surface area contributed by atoms with Crippen LogP contribution in [0.4, 0.5) is 4.39 Å². The van der Waals surface area contributed by atoms with E-state index in [1.165, 1.54) is 12.1 Å². The number of nitrogens with zero attached hydrogens (tertiary/aromatic N) is 2. The summed E-state index contributed by atoms with van der Waals surface area (Å²) < 4.78 is 20.7. The zero-order chi connectivity index (χ0) is 13.0. The van der Waals surface area contributed by atoms with Crippen LogP contribution in [0.3, 0.4) is 0 Å². The summed E-state index contributed by atoms with van der Waals surface area (Å²) in [7, 11) is 0. The maximum absolute atomic E-state index is 13.0. The fourth-order valence-electron chi connectivity index (χ4n) is 1.84. The van der Waals surface area contributed by atoms with E-state index in [1.54, 1.807) is 18.6 Å². The Kier molecular flexibility index (Phi) is 3.97. The van der Waals surface area contributed by atoms with Gasteiger partial charge in [0.05, 0.1) is 18.2 Å². The zero-order valence-electron chi connectivity index (χ0n) is 10.7. The lowest BCUT2D eigenvalue weighted by atomic mass is 10.2. The van der Waals surface area contributed by atoms with Crippen molar-refractivity contribution in [3.05, 3.63) is 47.8 Å². The minimum absolute atomic E-state index is 0.240. The summed E-state index contributed by atoms with van der Waals surface area (Å²) in [6.07, 6.45) is 4.66. The molecule has 0 bridgehead atoms. The van der Waals surface area contributed by atoms with Crippen LogP contribution in [0, 0.1) is 12.7 Å². The lowest BCUT2D eigenvalue weighted by Crippen LogP contribution is -2.05. The van der Waals surface area contributed by atoms with Crippen LogP contribution in [0.5, 0.6) is 5.75 Å². The second-order valence-electron chi connectivity index (χ2n) is 4.28. The van der Waals surface area contributed by atoms with Crippen molar-refractivity contribution in [3.63, 3.8) is 0 Å². The lowest BCUT2D eigenvalue weighted by molar-refractivity contribution is 0.292. The molecule has 0 amide bonds. The Morgan fingerprint density at radius 3 is 2.94 bits per heavy atom. The quantitative estimate of drug-likeness (QED) is 0.811. The number of imidazole rings is 1. The number of hydrogen-bond donors (Lipinski definition) is 0. The number of aromatic nitrogens is 2. The van der Waals surface area contributed by atoms with Gasteiger partial charge in [-0.05, 0) is 37.1 Å².